The third-order valence-corrected chi connectivity index (χ3v) is 2.08. The smallest absolute Gasteiger partial charge is 0.109 e. The van der Waals surface area contributed by atoms with E-state index in [0.29, 0.717) is 17.1 Å². The van der Waals surface area contributed by atoms with Gasteiger partial charge in [0.15, 0.2) is 0 Å². The fraction of sp³-hybridized carbons (Fsp3) is 0. The summed E-state index contributed by atoms with van der Waals surface area (Å²) in [6.07, 6.45) is 0. The Bertz CT molecular complexity index is 506. The van der Waals surface area contributed by atoms with Crippen LogP contribution in [-0.4, -0.2) is 0 Å². The third-order valence-electron chi connectivity index (χ3n) is 2.08. The number of nitrogens with two attached hydrogens (primary N) is 2. The minimum atomic E-state index is 0.527. The molecule has 0 fully saturated rings. The molecule has 0 radical (unpaired) electrons. The van der Waals surface area contributed by atoms with Gasteiger partial charge in [0.05, 0.1) is 11.4 Å². The number of nitrogens with zero attached hydrogens (tertiary/aromatic N) is 2. The Labute approximate surface area is 93.6 Å². The second kappa shape index (κ2) is 4.44. The van der Waals surface area contributed by atoms with Gasteiger partial charge in [0.1, 0.15) is 5.69 Å². The summed E-state index contributed by atoms with van der Waals surface area (Å²) >= 11 is 0. The number of nitrogen functional groups attached to an aromatic ring is 2. The fourth-order valence-corrected chi connectivity index (χ4v) is 1.27. The molecule has 0 amide bonds. The van der Waals surface area contributed by atoms with Crippen LogP contribution < -0.4 is 11.5 Å². The van der Waals surface area contributed by atoms with Crippen LogP contribution in [0.2, 0.25) is 0 Å². The van der Waals surface area contributed by atoms with Crippen molar-refractivity contribution in [1.29, 1.82) is 0 Å². The van der Waals surface area contributed by atoms with Gasteiger partial charge in [-0.05, 0) is 30.3 Å². The van der Waals surface area contributed by atoms with Crippen molar-refractivity contribution in [3.8, 4) is 0 Å². The lowest BCUT2D eigenvalue weighted by Crippen LogP contribution is -1.89. The van der Waals surface area contributed by atoms with Crippen molar-refractivity contribution < 1.29 is 0 Å². The summed E-state index contributed by atoms with van der Waals surface area (Å²) in [5.74, 6) is 0. The first-order chi connectivity index (χ1) is 7.75. The number of rotatable bonds is 2. The van der Waals surface area contributed by atoms with Crippen LogP contribution in [0.1, 0.15) is 0 Å². The maximum Gasteiger partial charge on any atom is 0.109 e. The third kappa shape index (κ3) is 2.36. The Hall–Kier alpha value is -2.36. The van der Waals surface area contributed by atoms with Crippen LogP contribution in [0, 0.1) is 0 Å². The average Bonchev–Trinajstić information content (AvgIpc) is 2.29. The maximum absolute atomic E-state index is 5.75. The van der Waals surface area contributed by atoms with Crippen LogP contribution in [0.25, 0.3) is 0 Å². The molecule has 0 aromatic heterocycles. The Morgan fingerprint density at radius 2 is 1.56 bits per heavy atom. The molecule has 0 saturated carbocycles. The molecule has 2 aromatic carbocycles. The summed E-state index contributed by atoms with van der Waals surface area (Å²) in [7, 11) is 0. The molecule has 0 aliphatic heterocycles. The maximum atomic E-state index is 5.75. The molecule has 80 valence electrons. The van der Waals surface area contributed by atoms with E-state index in [2.05, 4.69) is 10.2 Å². The first-order valence-corrected chi connectivity index (χ1v) is 4.87. The van der Waals surface area contributed by atoms with Crippen LogP contribution in [0.3, 0.4) is 0 Å². The summed E-state index contributed by atoms with van der Waals surface area (Å²) in [5.41, 5.74) is 13.9. The van der Waals surface area contributed by atoms with Crippen LogP contribution in [0.4, 0.5) is 22.7 Å². The Kier molecular flexibility index (Phi) is 2.82. The summed E-state index contributed by atoms with van der Waals surface area (Å²) in [6.45, 7) is 0. The highest BCUT2D eigenvalue weighted by Gasteiger charge is 1.97. The number of azo groups is 1. The fourth-order valence-electron chi connectivity index (χ4n) is 1.27. The number of anilines is 2. The van der Waals surface area contributed by atoms with Crippen molar-refractivity contribution >= 4 is 22.7 Å². The molecule has 0 bridgehead atoms. The van der Waals surface area contributed by atoms with Gasteiger partial charge in [-0.3, -0.25) is 0 Å². The monoisotopic (exact) mass is 212 g/mol. The minimum absolute atomic E-state index is 0.527. The lowest BCUT2D eigenvalue weighted by atomic mass is 10.2. The number of hydrogen-bond acceptors (Lipinski definition) is 4. The van der Waals surface area contributed by atoms with E-state index in [1.807, 2.05) is 30.3 Å². The standard InChI is InChI=1S/C12H12N4/c13-9-6-7-12(11(14)8-9)16-15-10-4-2-1-3-5-10/h1-8H,13-14H2/b16-15-. The van der Waals surface area contributed by atoms with E-state index in [4.69, 9.17) is 11.5 Å². The second-order valence-electron chi connectivity index (χ2n) is 3.35. The largest absolute Gasteiger partial charge is 0.399 e. The van der Waals surface area contributed by atoms with Gasteiger partial charge in [0, 0.05) is 5.69 Å². The van der Waals surface area contributed by atoms with Crippen LogP contribution >= 0.6 is 0 Å². The molecule has 0 aliphatic carbocycles. The SMILES string of the molecule is Nc1ccc(/N=N\c2ccccc2)c(N)c1. The second-order valence-corrected chi connectivity index (χ2v) is 3.35. The zero-order valence-electron chi connectivity index (χ0n) is 8.67. The topological polar surface area (TPSA) is 76.8 Å². The van der Waals surface area contributed by atoms with E-state index in [1.54, 1.807) is 18.2 Å². The van der Waals surface area contributed by atoms with Crippen LogP contribution in [-0.2, 0) is 0 Å². The van der Waals surface area contributed by atoms with E-state index in [-0.39, 0.29) is 0 Å². The highest BCUT2D eigenvalue weighted by molar-refractivity contribution is 5.67. The zero-order chi connectivity index (χ0) is 11.4. The van der Waals surface area contributed by atoms with Gasteiger partial charge >= 0.3 is 0 Å². The van der Waals surface area contributed by atoms with E-state index >= 15 is 0 Å². The molecule has 0 spiro atoms. The first-order valence-electron chi connectivity index (χ1n) is 4.87. The van der Waals surface area contributed by atoms with E-state index in [9.17, 15) is 0 Å². The van der Waals surface area contributed by atoms with Crippen molar-refractivity contribution in [3.05, 3.63) is 48.5 Å². The molecule has 0 unspecified atom stereocenters. The Morgan fingerprint density at radius 3 is 2.25 bits per heavy atom. The highest BCUT2D eigenvalue weighted by Crippen LogP contribution is 2.26. The molecule has 4 nitrogen and oxygen atoms in total. The molecule has 0 heterocycles. The molecule has 4 heteroatoms. The summed E-state index contributed by atoms with van der Waals surface area (Å²) in [5, 5.41) is 8.13. The van der Waals surface area contributed by atoms with Gasteiger partial charge in [0.2, 0.25) is 0 Å². The normalized spacial score (nSPS) is 10.8. The summed E-state index contributed by atoms with van der Waals surface area (Å²) in [6, 6.07) is 14.6. The molecular formula is C12H12N4. The molecule has 0 aliphatic rings. The van der Waals surface area contributed by atoms with Gasteiger partial charge in [0.25, 0.3) is 0 Å². The van der Waals surface area contributed by atoms with Crippen molar-refractivity contribution in [1.82, 2.24) is 0 Å². The molecule has 2 rings (SSSR count). The predicted molar refractivity (Wildman–Crippen MR) is 65.9 cm³/mol. The van der Waals surface area contributed by atoms with Crippen LogP contribution in [0.15, 0.2) is 58.8 Å². The zero-order valence-corrected chi connectivity index (χ0v) is 8.67. The van der Waals surface area contributed by atoms with Crippen molar-refractivity contribution in [2.45, 2.75) is 0 Å². The summed E-state index contributed by atoms with van der Waals surface area (Å²) < 4.78 is 0. The van der Waals surface area contributed by atoms with Gasteiger partial charge in [-0.1, -0.05) is 18.2 Å². The molecule has 0 atom stereocenters. The van der Waals surface area contributed by atoms with Crippen LogP contribution in [0.5, 0.6) is 0 Å². The van der Waals surface area contributed by atoms with Crippen molar-refractivity contribution in [2.75, 3.05) is 11.5 Å². The lowest BCUT2D eigenvalue weighted by Gasteiger charge is -1.99. The molecule has 2 aromatic rings. The van der Waals surface area contributed by atoms with Gasteiger partial charge < -0.3 is 11.5 Å². The first kappa shape index (κ1) is 10.2. The Balaban J connectivity index is 2.24. The van der Waals surface area contributed by atoms with Crippen molar-refractivity contribution in [3.63, 3.8) is 0 Å². The Morgan fingerprint density at radius 1 is 0.812 bits per heavy atom. The minimum Gasteiger partial charge on any atom is -0.399 e. The van der Waals surface area contributed by atoms with Gasteiger partial charge in [-0.15, -0.1) is 5.11 Å². The summed E-state index contributed by atoms with van der Waals surface area (Å²) in [4.78, 5) is 0. The molecular weight excluding hydrogens is 200 g/mol. The van der Waals surface area contributed by atoms with Crippen molar-refractivity contribution in [2.24, 2.45) is 10.2 Å². The molecule has 0 saturated heterocycles. The number of benzene rings is 2. The van der Waals surface area contributed by atoms with E-state index in [1.165, 1.54) is 0 Å². The highest BCUT2D eigenvalue weighted by atomic mass is 15.1. The van der Waals surface area contributed by atoms with Gasteiger partial charge in [-0.25, -0.2) is 0 Å². The molecule has 16 heavy (non-hydrogen) atoms. The van der Waals surface area contributed by atoms with E-state index in [0.717, 1.165) is 5.69 Å². The van der Waals surface area contributed by atoms with Gasteiger partial charge in [-0.2, -0.15) is 5.11 Å². The molecule has 4 N–H and O–H groups in total. The van der Waals surface area contributed by atoms with E-state index < -0.39 is 0 Å². The lowest BCUT2D eigenvalue weighted by molar-refractivity contribution is 1.23. The number of hydrogen-bond donors (Lipinski definition) is 2. The average molecular weight is 212 g/mol. The quantitative estimate of drug-likeness (QED) is 0.592. The predicted octanol–water partition coefficient (Wildman–Crippen LogP) is 3.27.